The lowest BCUT2D eigenvalue weighted by atomic mass is 9.77. The molecule has 0 atom stereocenters. The van der Waals surface area contributed by atoms with Gasteiger partial charge >= 0.3 is 0 Å². The minimum atomic E-state index is -2.42. The largest absolute Gasteiger partial charge is 0.380 e. The number of thioether (sulfide) groups is 1. The highest BCUT2D eigenvalue weighted by molar-refractivity contribution is 8.27. The van der Waals surface area contributed by atoms with Gasteiger partial charge in [0.15, 0.2) is 0 Å². The van der Waals surface area contributed by atoms with Crippen molar-refractivity contribution in [1.29, 1.82) is 16.1 Å². The van der Waals surface area contributed by atoms with Gasteiger partial charge in [-0.1, -0.05) is 11.8 Å². The Morgan fingerprint density at radius 1 is 1.14 bits per heavy atom. The van der Waals surface area contributed by atoms with Crippen molar-refractivity contribution in [2.75, 3.05) is 31.2 Å². The average Bonchev–Trinajstić information content (AvgIpc) is 3.78. The quantitative estimate of drug-likeness (QED) is 0.270. The first-order valence-corrected chi connectivity index (χ1v) is 13.8. The molecule has 0 aromatic carbocycles. The smallest absolute Gasteiger partial charge is 0.257 e. The van der Waals surface area contributed by atoms with E-state index >= 15 is 0 Å². The Morgan fingerprint density at radius 2 is 1.86 bits per heavy atom. The number of rotatable bonds is 7. The number of anilines is 1. The Morgan fingerprint density at radius 3 is 2.42 bits per heavy atom. The number of fused-ring (bicyclic) bond motifs is 1. The van der Waals surface area contributed by atoms with Gasteiger partial charge in [0, 0.05) is 23.4 Å². The van der Waals surface area contributed by atoms with E-state index in [0.29, 0.717) is 36.8 Å². The molecular weight excluding hydrogens is 504 g/mol. The normalized spacial score (nSPS) is 22.9. The van der Waals surface area contributed by atoms with E-state index in [9.17, 15) is 14.0 Å². The molecule has 2 aliphatic heterocycles. The molecule has 12 heteroatoms. The fraction of sp³-hybridized carbons (Fsp3) is 0.583. The highest BCUT2D eigenvalue weighted by Gasteiger charge is 2.51. The molecule has 4 heterocycles. The molecule has 2 aromatic heterocycles. The molecule has 1 spiro atoms. The molecule has 0 unspecified atom stereocenters. The molecule has 2 aromatic rings. The lowest BCUT2D eigenvalue weighted by Gasteiger charge is -2.47. The SMILES string of the molecule is N#CC1(C(=N)SC(=N)c2cnn3c(N4CCC5(CC4)COC5)cc(SNC4(C(F)F)CC4)cc23)CC1. The number of pyridine rings is 1. The number of nitrogens with zero attached hydrogens (tertiary/aromatic N) is 4. The van der Waals surface area contributed by atoms with Crippen LogP contribution in [-0.2, 0) is 4.74 Å². The molecule has 3 N–H and O–H groups in total. The van der Waals surface area contributed by atoms with Crippen molar-refractivity contribution in [3.63, 3.8) is 0 Å². The Labute approximate surface area is 216 Å². The van der Waals surface area contributed by atoms with E-state index in [1.54, 1.807) is 6.20 Å². The van der Waals surface area contributed by atoms with Gasteiger partial charge in [0.2, 0.25) is 0 Å². The van der Waals surface area contributed by atoms with Crippen LogP contribution in [0.4, 0.5) is 14.6 Å². The highest BCUT2D eigenvalue weighted by Crippen LogP contribution is 2.49. The van der Waals surface area contributed by atoms with Crippen molar-refractivity contribution in [3.05, 3.63) is 23.9 Å². The monoisotopic (exact) mass is 531 g/mol. The summed E-state index contributed by atoms with van der Waals surface area (Å²) in [5, 5.41) is 31.4. The van der Waals surface area contributed by atoms with Gasteiger partial charge in [-0.15, -0.1) is 0 Å². The van der Waals surface area contributed by atoms with Gasteiger partial charge in [-0.25, -0.2) is 18.0 Å². The van der Waals surface area contributed by atoms with E-state index in [2.05, 4.69) is 20.8 Å². The summed E-state index contributed by atoms with van der Waals surface area (Å²) in [4.78, 5) is 3.05. The molecule has 190 valence electrons. The Kier molecular flexibility index (Phi) is 5.83. The topological polar surface area (TPSA) is 113 Å². The van der Waals surface area contributed by atoms with Crippen LogP contribution in [0.15, 0.2) is 23.2 Å². The Bertz CT molecular complexity index is 1270. The predicted octanol–water partition coefficient (Wildman–Crippen LogP) is 4.69. The summed E-state index contributed by atoms with van der Waals surface area (Å²) in [6.45, 7) is 3.31. The third kappa shape index (κ3) is 4.10. The zero-order valence-corrected chi connectivity index (χ0v) is 21.3. The molecule has 8 nitrogen and oxygen atoms in total. The third-order valence-electron chi connectivity index (χ3n) is 7.96. The van der Waals surface area contributed by atoms with Crippen LogP contribution in [0.25, 0.3) is 5.52 Å². The van der Waals surface area contributed by atoms with Gasteiger partial charge in [0.05, 0.1) is 47.1 Å². The maximum atomic E-state index is 13.5. The lowest BCUT2D eigenvalue weighted by Crippen LogP contribution is -2.51. The Hall–Kier alpha value is -2.20. The van der Waals surface area contributed by atoms with Crippen LogP contribution in [0.2, 0.25) is 0 Å². The van der Waals surface area contributed by atoms with E-state index in [1.807, 2.05) is 16.6 Å². The van der Waals surface area contributed by atoms with Crippen LogP contribution >= 0.6 is 23.7 Å². The molecule has 2 saturated heterocycles. The summed E-state index contributed by atoms with van der Waals surface area (Å²) >= 11 is 2.20. The summed E-state index contributed by atoms with van der Waals surface area (Å²) in [5.41, 5.74) is -0.350. The zero-order chi connectivity index (χ0) is 25.1. The number of alkyl halides is 2. The van der Waals surface area contributed by atoms with Gasteiger partial charge in [-0.3, -0.25) is 10.8 Å². The number of hydrogen-bond acceptors (Lipinski definition) is 9. The molecular formula is C24H27F2N7OS2. The van der Waals surface area contributed by atoms with Crippen molar-refractivity contribution < 1.29 is 13.5 Å². The summed E-state index contributed by atoms with van der Waals surface area (Å²) in [7, 11) is 0. The van der Waals surface area contributed by atoms with E-state index in [-0.39, 0.29) is 15.5 Å². The van der Waals surface area contributed by atoms with Crippen LogP contribution in [0, 0.1) is 33.0 Å². The molecule has 2 saturated carbocycles. The summed E-state index contributed by atoms with van der Waals surface area (Å²) in [6.07, 6.45) is 3.45. The number of aromatic nitrogens is 2. The molecule has 0 radical (unpaired) electrons. The van der Waals surface area contributed by atoms with E-state index in [0.717, 1.165) is 61.6 Å². The van der Waals surface area contributed by atoms with Gasteiger partial charge in [-0.2, -0.15) is 10.4 Å². The molecule has 4 fully saturated rings. The third-order valence-corrected chi connectivity index (χ3v) is 9.96. The van der Waals surface area contributed by atoms with Crippen molar-refractivity contribution in [2.24, 2.45) is 10.8 Å². The maximum absolute atomic E-state index is 13.5. The second kappa shape index (κ2) is 8.68. The van der Waals surface area contributed by atoms with Crippen molar-refractivity contribution in [2.45, 2.75) is 55.4 Å². The van der Waals surface area contributed by atoms with E-state index in [4.69, 9.17) is 15.6 Å². The van der Waals surface area contributed by atoms with Crippen molar-refractivity contribution in [3.8, 4) is 6.07 Å². The van der Waals surface area contributed by atoms with Gasteiger partial charge in [0.25, 0.3) is 6.43 Å². The fourth-order valence-corrected chi connectivity index (χ4v) is 6.69. The summed E-state index contributed by atoms with van der Waals surface area (Å²) in [5.74, 6) is 0.864. The zero-order valence-electron chi connectivity index (χ0n) is 19.6. The number of nitriles is 1. The number of halogens is 2. The molecule has 0 bridgehead atoms. The Balaban J connectivity index is 1.30. The highest BCUT2D eigenvalue weighted by atomic mass is 32.2. The number of hydrogen-bond donors (Lipinski definition) is 3. The standard InChI is InChI=1S/C24H27F2N7OS2/c25-20(26)24(3-4-24)31-36-15-9-17-16(19(28)35-21(29)23(12-27)1-2-23)11-30-33(17)18(10-15)32-7-5-22(6-8-32)13-34-14-22/h9-11,20,28-29,31H,1-8,13-14H2. The maximum Gasteiger partial charge on any atom is 0.257 e. The van der Waals surface area contributed by atoms with Crippen molar-refractivity contribution >= 4 is 45.1 Å². The first-order chi connectivity index (χ1) is 17.3. The van der Waals surface area contributed by atoms with Crippen LogP contribution in [0.3, 0.4) is 0 Å². The first kappa shape index (κ1) is 24.2. The number of piperidine rings is 1. The van der Waals surface area contributed by atoms with Crippen LogP contribution in [0.5, 0.6) is 0 Å². The van der Waals surface area contributed by atoms with Crippen LogP contribution < -0.4 is 9.62 Å². The number of nitrogens with one attached hydrogen (secondary N) is 3. The average molecular weight is 532 g/mol. The molecule has 4 aliphatic rings. The summed E-state index contributed by atoms with van der Waals surface area (Å²) < 4.78 is 37.3. The van der Waals surface area contributed by atoms with E-state index < -0.39 is 17.4 Å². The van der Waals surface area contributed by atoms with Gasteiger partial charge in [-0.05, 0) is 62.6 Å². The minimum absolute atomic E-state index is 0.160. The second-order valence-electron chi connectivity index (χ2n) is 10.5. The second-order valence-corrected chi connectivity index (χ2v) is 12.4. The van der Waals surface area contributed by atoms with Crippen molar-refractivity contribution in [1.82, 2.24) is 14.3 Å². The van der Waals surface area contributed by atoms with E-state index in [1.165, 1.54) is 11.9 Å². The minimum Gasteiger partial charge on any atom is -0.380 e. The van der Waals surface area contributed by atoms with Crippen LogP contribution in [-0.4, -0.2) is 58.0 Å². The molecule has 6 rings (SSSR count). The lowest BCUT2D eigenvalue weighted by molar-refractivity contribution is -0.124. The fourth-order valence-electron chi connectivity index (χ4n) is 4.82. The first-order valence-electron chi connectivity index (χ1n) is 12.1. The summed E-state index contributed by atoms with van der Waals surface area (Å²) in [6, 6.07) is 6.06. The van der Waals surface area contributed by atoms with Crippen LogP contribution in [0.1, 0.15) is 44.1 Å². The predicted molar refractivity (Wildman–Crippen MR) is 136 cm³/mol. The molecule has 36 heavy (non-hydrogen) atoms. The van der Waals surface area contributed by atoms with Gasteiger partial charge < -0.3 is 9.64 Å². The number of ether oxygens (including phenoxy) is 1. The molecule has 2 aliphatic carbocycles. The molecule has 0 amide bonds. The van der Waals surface area contributed by atoms with Gasteiger partial charge in [0.1, 0.15) is 16.3 Å².